The third-order valence-corrected chi connectivity index (χ3v) is 4.22. The number of aromatic carboxylic acids is 1. The molecule has 23 heavy (non-hydrogen) atoms. The third-order valence-electron chi connectivity index (χ3n) is 4.22. The fraction of sp³-hybridized carbons (Fsp3) is 0.316. The maximum absolute atomic E-state index is 10.8. The number of benzene rings is 2. The Bertz CT molecular complexity index is 695. The average Bonchev–Trinajstić information content (AvgIpc) is 2.91. The van der Waals surface area contributed by atoms with Crippen molar-refractivity contribution in [2.24, 2.45) is 0 Å². The van der Waals surface area contributed by atoms with Crippen molar-refractivity contribution in [3.63, 3.8) is 0 Å². The van der Waals surface area contributed by atoms with Crippen LogP contribution in [0.1, 0.15) is 34.0 Å². The van der Waals surface area contributed by atoms with Gasteiger partial charge in [0.1, 0.15) is 0 Å². The number of carboxylic acids is 1. The molecule has 4 heteroatoms. The quantitative estimate of drug-likeness (QED) is 0.718. The number of rotatable bonds is 6. The summed E-state index contributed by atoms with van der Waals surface area (Å²) >= 11 is 0. The lowest BCUT2D eigenvalue weighted by atomic mass is 10.0. The van der Waals surface area contributed by atoms with Gasteiger partial charge in [-0.1, -0.05) is 24.3 Å². The van der Waals surface area contributed by atoms with E-state index in [1.165, 1.54) is 16.8 Å². The average molecular weight is 310 g/mol. The Labute approximate surface area is 136 Å². The van der Waals surface area contributed by atoms with E-state index in [0.717, 1.165) is 31.5 Å². The molecule has 0 spiro atoms. The fourth-order valence-electron chi connectivity index (χ4n) is 2.99. The molecule has 0 saturated carbocycles. The predicted octanol–water partition coefficient (Wildman–Crippen LogP) is 3.07. The van der Waals surface area contributed by atoms with Gasteiger partial charge in [-0.3, -0.25) is 0 Å². The molecule has 0 aliphatic carbocycles. The first kappa shape index (κ1) is 15.6. The largest absolute Gasteiger partial charge is 0.478 e. The van der Waals surface area contributed by atoms with E-state index >= 15 is 0 Å². The molecule has 0 fully saturated rings. The molecular weight excluding hydrogens is 288 g/mol. The molecule has 1 unspecified atom stereocenters. The van der Waals surface area contributed by atoms with E-state index in [2.05, 4.69) is 35.8 Å². The van der Waals surface area contributed by atoms with Gasteiger partial charge in [-0.05, 0) is 61.2 Å². The summed E-state index contributed by atoms with van der Waals surface area (Å²) < 4.78 is 0. The highest BCUT2D eigenvalue weighted by Crippen LogP contribution is 2.26. The Morgan fingerprint density at radius 2 is 1.96 bits per heavy atom. The van der Waals surface area contributed by atoms with Gasteiger partial charge in [0.2, 0.25) is 0 Å². The first-order chi connectivity index (χ1) is 11.1. The molecule has 0 bridgehead atoms. The number of carbonyl (C=O) groups is 1. The van der Waals surface area contributed by atoms with Crippen molar-refractivity contribution in [3.05, 3.63) is 64.7 Å². The zero-order chi connectivity index (χ0) is 16.2. The van der Waals surface area contributed by atoms with Crippen molar-refractivity contribution in [1.29, 1.82) is 0 Å². The minimum atomic E-state index is -0.884. The van der Waals surface area contributed by atoms with Crippen LogP contribution in [-0.2, 0) is 19.4 Å². The summed E-state index contributed by atoms with van der Waals surface area (Å²) in [6.45, 7) is 3.86. The van der Waals surface area contributed by atoms with Crippen molar-refractivity contribution >= 4 is 11.7 Å². The standard InChI is InChI=1S/C19H22N2O2/c1-13-10-17-11-14(4-7-18(17)21-13)8-9-20-12-15-2-5-16(6-3-15)19(22)23/h2-7,11,13,20-21H,8-10,12H2,1H3,(H,22,23). The van der Waals surface area contributed by atoms with Crippen LogP contribution >= 0.6 is 0 Å². The van der Waals surface area contributed by atoms with E-state index in [4.69, 9.17) is 5.11 Å². The van der Waals surface area contributed by atoms with Crippen LogP contribution in [0, 0.1) is 0 Å². The smallest absolute Gasteiger partial charge is 0.335 e. The third kappa shape index (κ3) is 3.90. The van der Waals surface area contributed by atoms with Crippen LogP contribution in [0.3, 0.4) is 0 Å². The van der Waals surface area contributed by atoms with E-state index in [-0.39, 0.29) is 0 Å². The maximum Gasteiger partial charge on any atom is 0.335 e. The molecule has 4 nitrogen and oxygen atoms in total. The molecule has 1 aliphatic heterocycles. The number of nitrogens with one attached hydrogen (secondary N) is 2. The van der Waals surface area contributed by atoms with Crippen molar-refractivity contribution in [3.8, 4) is 0 Å². The zero-order valence-corrected chi connectivity index (χ0v) is 13.3. The summed E-state index contributed by atoms with van der Waals surface area (Å²) in [6, 6.07) is 14.2. The van der Waals surface area contributed by atoms with Crippen LogP contribution in [0.5, 0.6) is 0 Å². The lowest BCUT2D eigenvalue weighted by molar-refractivity contribution is 0.0697. The van der Waals surface area contributed by atoms with Gasteiger partial charge in [0.05, 0.1) is 5.56 Å². The summed E-state index contributed by atoms with van der Waals surface area (Å²) in [5.74, 6) is -0.884. The monoisotopic (exact) mass is 310 g/mol. The molecule has 120 valence electrons. The summed E-state index contributed by atoms with van der Waals surface area (Å²) in [5.41, 5.74) is 5.47. The van der Waals surface area contributed by atoms with E-state index in [9.17, 15) is 4.79 Å². The number of hydrogen-bond donors (Lipinski definition) is 3. The minimum Gasteiger partial charge on any atom is -0.478 e. The molecule has 2 aromatic carbocycles. The highest BCUT2D eigenvalue weighted by atomic mass is 16.4. The predicted molar refractivity (Wildman–Crippen MR) is 92.0 cm³/mol. The van der Waals surface area contributed by atoms with E-state index in [0.29, 0.717) is 11.6 Å². The van der Waals surface area contributed by atoms with Gasteiger partial charge >= 0.3 is 5.97 Å². The summed E-state index contributed by atoms with van der Waals surface area (Å²) in [4.78, 5) is 10.8. The molecule has 0 amide bonds. The number of hydrogen-bond acceptors (Lipinski definition) is 3. The van der Waals surface area contributed by atoms with Gasteiger partial charge in [-0.25, -0.2) is 4.79 Å². The minimum absolute atomic E-state index is 0.328. The highest BCUT2D eigenvalue weighted by molar-refractivity contribution is 5.87. The van der Waals surface area contributed by atoms with Crippen molar-refractivity contribution in [2.75, 3.05) is 11.9 Å². The molecule has 0 saturated heterocycles. The van der Waals surface area contributed by atoms with E-state index in [1.54, 1.807) is 12.1 Å². The first-order valence-corrected chi connectivity index (χ1v) is 8.03. The van der Waals surface area contributed by atoms with Gasteiger partial charge in [-0.15, -0.1) is 0 Å². The van der Waals surface area contributed by atoms with Crippen molar-refractivity contribution in [1.82, 2.24) is 5.32 Å². The van der Waals surface area contributed by atoms with Crippen LogP contribution in [0.15, 0.2) is 42.5 Å². The molecule has 1 heterocycles. The van der Waals surface area contributed by atoms with Crippen LogP contribution in [0.2, 0.25) is 0 Å². The van der Waals surface area contributed by atoms with Gasteiger partial charge in [0.15, 0.2) is 0 Å². The number of anilines is 1. The summed E-state index contributed by atoms with van der Waals surface area (Å²) in [7, 11) is 0. The SMILES string of the molecule is CC1Cc2cc(CCNCc3ccc(C(=O)O)cc3)ccc2N1. The molecule has 3 N–H and O–H groups in total. The number of fused-ring (bicyclic) bond motifs is 1. The number of carboxylic acid groups (broad SMARTS) is 1. The van der Waals surface area contributed by atoms with Gasteiger partial charge < -0.3 is 15.7 Å². The Balaban J connectivity index is 1.47. The summed E-state index contributed by atoms with van der Waals surface area (Å²) in [6.07, 6.45) is 2.10. The van der Waals surface area contributed by atoms with Gasteiger partial charge in [-0.2, -0.15) is 0 Å². The van der Waals surface area contributed by atoms with Gasteiger partial charge in [0, 0.05) is 18.3 Å². The maximum atomic E-state index is 10.8. The lowest BCUT2D eigenvalue weighted by Crippen LogP contribution is -2.16. The van der Waals surface area contributed by atoms with E-state index in [1.807, 2.05) is 12.1 Å². The highest BCUT2D eigenvalue weighted by Gasteiger charge is 2.16. The molecule has 1 atom stereocenters. The molecule has 3 rings (SSSR count). The van der Waals surface area contributed by atoms with E-state index < -0.39 is 5.97 Å². The lowest BCUT2D eigenvalue weighted by Gasteiger charge is -2.07. The first-order valence-electron chi connectivity index (χ1n) is 8.03. The Kier molecular flexibility index (Phi) is 4.63. The second-order valence-corrected chi connectivity index (χ2v) is 6.17. The van der Waals surface area contributed by atoms with Crippen LogP contribution in [-0.4, -0.2) is 23.7 Å². The van der Waals surface area contributed by atoms with Crippen molar-refractivity contribution in [2.45, 2.75) is 32.4 Å². The molecule has 1 aliphatic rings. The molecule has 0 radical (unpaired) electrons. The fourth-order valence-corrected chi connectivity index (χ4v) is 2.99. The Morgan fingerprint density at radius 1 is 1.22 bits per heavy atom. The Hall–Kier alpha value is -2.33. The van der Waals surface area contributed by atoms with Crippen LogP contribution < -0.4 is 10.6 Å². The van der Waals surface area contributed by atoms with Gasteiger partial charge in [0.25, 0.3) is 0 Å². The summed E-state index contributed by atoms with van der Waals surface area (Å²) in [5, 5.41) is 15.8. The van der Waals surface area contributed by atoms with Crippen molar-refractivity contribution < 1.29 is 9.90 Å². The Morgan fingerprint density at radius 3 is 2.70 bits per heavy atom. The molecule has 2 aromatic rings. The van der Waals surface area contributed by atoms with Crippen LogP contribution in [0.4, 0.5) is 5.69 Å². The van der Waals surface area contributed by atoms with Crippen LogP contribution in [0.25, 0.3) is 0 Å². The second-order valence-electron chi connectivity index (χ2n) is 6.17. The normalized spacial score (nSPS) is 16.0. The zero-order valence-electron chi connectivity index (χ0n) is 13.3. The second kappa shape index (κ2) is 6.84. The molecule has 0 aromatic heterocycles. The topological polar surface area (TPSA) is 61.4 Å². The molecular formula is C19H22N2O2.